The molecule has 24 heavy (non-hydrogen) atoms. The molecule has 0 aliphatic heterocycles. The third-order valence-electron chi connectivity index (χ3n) is 4.29. The van der Waals surface area contributed by atoms with E-state index in [1.54, 1.807) is 7.05 Å². The van der Waals surface area contributed by atoms with E-state index in [9.17, 15) is 9.59 Å². The Kier molecular flexibility index (Phi) is 3.75. The highest BCUT2D eigenvalue weighted by molar-refractivity contribution is 5.96. The van der Waals surface area contributed by atoms with Gasteiger partial charge in [0.2, 0.25) is 0 Å². The highest BCUT2D eigenvalue weighted by atomic mass is 16.2. The van der Waals surface area contributed by atoms with Gasteiger partial charge in [-0.15, -0.1) is 0 Å². The predicted octanol–water partition coefficient (Wildman–Crippen LogP) is 1.67. The van der Waals surface area contributed by atoms with Gasteiger partial charge in [0.05, 0.1) is 5.39 Å². The van der Waals surface area contributed by atoms with Crippen molar-refractivity contribution in [2.24, 2.45) is 14.1 Å². The van der Waals surface area contributed by atoms with E-state index >= 15 is 0 Å². The van der Waals surface area contributed by atoms with Crippen molar-refractivity contribution in [1.29, 1.82) is 0 Å². The van der Waals surface area contributed by atoms with Crippen molar-refractivity contribution < 1.29 is 0 Å². The topological polar surface area (TPSA) is 60.1 Å². The molecule has 0 radical (unpaired) electrons. The maximum Gasteiger partial charge on any atom is 0.332 e. The van der Waals surface area contributed by atoms with Crippen LogP contribution in [0.15, 0.2) is 39.9 Å². The summed E-state index contributed by atoms with van der Waals surface area (Å²) in [4.78, 5) is 31.6. The monoisotopic (exact) mass is 324 g/mol. The number of hydrogen-bond acceptors (Lipinski definition) is 4. The quantitative estimate of drug-likeness (QED) is 0.719. The van der Waals surface area contributed by atoms with Crippen LogP contribution in [0.2, 0.25) is 0 Å². The van der Waals surface area contributed by atoms with Crippen LogP contribution >= 0.6 is 0 Å². The molecule has 124 valence electrons. The maximum absolute atomic E-state index is 12.8. The highest BCUT2D eigenvalue weighted by Crippen LogP contribution is 2.33. The molecule has 6 nitrogen and oxygen atoms in total. The summed E-state index contributed by atoms with van der Waals surface area (Å²) in [7, 11) is 6.93. The summed E-state index contributed by atoms with van der Waals surface area (Å²) < 4.78 is 2.56. The van der Waals surface area contributed by atoms with Crippen molar-refractivity contribution in [2.45, 2.75) is 6.92 Å². The van der Waals surface area contributed by atoms with Gasteiger partial charge >= 0.3 is 5.69 Å². The summed E-state index contributed by atoms with van der Waals surface area (Å²) in [5.74, 6) is 0.740. The van der Waals surface area contributed by atoms with E-state index in [2.05, 4.69) is 4.98 Å². The Morgan fingerprint density at radius 2 is 1.62 bits per heavy atom. The van der Waals surface area contributed by atoms with Crippen molar-refractivity contribution in [2.75, 3.05) is 19.0 Å². The Hall–Kier alpha value is -2.89. The average Bonchev–Trinajstić information content (AvgIpc) is 2.58. The number of anilines is 1. The molecule has 0 aliphatic rings. The lowest BCUT2D eigenvalue weighted by Gasteiger charge is -2.20. The number of nitrogens with zero attached hydrogens (tertiary/aromatic N) is 4. The molecule has 2 heterocycles. The Balaban J connectivity index is 2.65. The summed E-state index contributed by atoms with van der Waals surface area (Å²) in [5.41, 5.74) is 2.35. The van der Waals surface area contributed by atoms with Gasteiger partial charge in [-0.1, -0.05) is 30.3 Å². The van der Waals surface area contributed by atoms with Crippen molar-refractivity contribution in [3.63, 3.8) is 0 Å². The average molecular weight is 324 g/mol. The van der Waals surface area contributed by atoms with E-state index in [1.165, 1.54) is 11.6 Å². The van der Waals surface area contributed by atoms with E-state index in [0.717, 1.165) is 27.1 Å². The van der Waals surface area contributed by atoms with Gasteiger partial charge in [0.25, 0.3) is 5.56 Å². The molecule has 0 saturated heterocycles. The molecule has 1 aromatic carbocycles. The van der Waals surface area contributed by atoms with Crippen LogP contribution in [0.5, 0.6) is 0 Å². The second-order valence-corrected chi connectivity index (χ2v) is 6.10. The van der Waals surface area contributed by atoms with Crippen molar-refractivity contribution >= 4 is 16.9 Å². The lowest BCUT2D eigenvalue weighted by Crippen LogP contribution is -2.38. The number of aryl methyl sites for hydroxylation is 1. The van der Waals surface area contributed by atoms with E-state index in [1.807, 2.05) is 56.3 Å². The van der Waals surface area contributed by atoms with E-state index < -0.39 is 0 Å². The van der Waals surface area contributed by atoms with Gasteiger partial charge in [0.1, 0.15) is 5.82 Å². The van der Waals surface area contributed by atoms with Crippen molar-refractivity contribution in [3.05, 3.63) is 56.7 Å². The number of benzene rings is 1. The molecule has 0 atom stereocenters. The van der Waals surface area contributed by atoms with Crippen LogP contribution < -0.4 is 16.1 Å². The second kappa shape index (κ2) is 5.63. The summed E-state index contributed by atoms with van der Waals surface area (Å²) in [6.07, 6.45) is 0. The molecule has 0 saturated carbocycles. The Morgan fingerprint density at radius 1 is 1.00 bits per heavy atom. The van der Waals surface area contributed by atoms with Gasteiger partial charge in [-0.05, 0) is 12.5 Å². The Morgan fingerprint density at radius 3 is 2.21 bits per heavy atom. The summed E-state index contributed by atoms with van der Waals surface area (Å²) in [6, 6.07) is 9.73. The first-order valence-corrected chi connectivity index (χ1v) is 7.67. The third kappa shape index (κ3) is 2.22. The van der Waals surface area contributed by atoms with Gasteiger partial charge in [-0.3, -0.25) is 13.9 Å². The fraction of sp³-hybridized carbons (Fsp3) is 0.278. The van der Waals surface area contributed by atoms with E-state index in [-0.39, 0.29) is 11.2 Å². The minimum atomic E-state index is -0.382. The molecular weight excluding hydrogens is 304 g/mol. The van der Waals surface area contributed by atoms with Crippen molar-refractivity contribution in [3.8, 4) is 11.1 Å². The maximum atomic E-state index is 12.8. The molecule has 0 N–H and O–H groups in total. The van der Waals surface area contributed by atoms with Crippen LogP contribution in [0, 0.1) is 6.92 Å². The van der Waals surface area contributed by atoms with Gasteiger partial charge in [0.15, 0.2) is 5.65 Å². The zero-order valence-electron chi connectivity index (χ0n) is 14.5. The lowest BCUT2D eigenvalue weighted by molar-refractivity contribution is 0.707. The molecule has 6 heteroatoms. The molecule has 3 aromatic rings. The van der Waals surface area contributed by atoms with Gasteiger partial charge in [-0.25, -0.2) is 9.78 Å². The second-order valence-electron chi connectivity index (χ2n) is 6.10. The zero-order chi connectivity index (χ0) is 17.6. The SMILES string of the molecule is Cc1c(N(C)C)nc2c(c1-c1ccccc1)c(=O)n(C)c(=O)n2C. The smallest absolute Gasteiger partial charge is 0.332 e. The van der Waals surface area contributed by atoms with Crippen LogP contribution in [0.3, 0.4) is 0 Å². The fourth-order valence-corrected chi connectivity index (χ4v) is 3.07. The molecule has 0 unspecified atom stereocenters. The van der Waals surface area contributed by atoms with Gasteiger partial charge in [0, 0.05) is 39.3 Å². The van der Waals surface area contributed by atoms with Crippen molar-refractivity contribution in [1.82, 2.24) is 14.1 Å². The Bertz CT molecular complexity index is 1050. The molecule has 0 bridgehead atoms. The zero-order valence-corrected chi connectivity index (χ0v) is 14.5. The number of fused-ring (bicyclic) bond motifs is 1. The van der Waals surface area contributed by atoms with Crippen LogP contribution in [0.25, 0.3) is 22.2 Å². The minimum absolute atomic E-state index is 0.326. The standard InChI is InChI=1S/C18H20N4O2/c1-11-13(12-9-7-6-8-10-12)14-16(19-15(11)20(2)3)21(4)18(24)22(5)17(14)23/h6-10H,1-5H3. The normalized spacial score (nSPS) is 11.0. The lowest BCUT2D eigenvalue weighted by atomic mass is 9.98. The Labute approximate surface area is 139 Å². The summed E-state index contributed by atoms with van der Waals surface area (Å²) in [6.45, 7) is 1.95. The number of hydrogen-bond donors (Lipinski definition) is 0. The largest absolute Gasteiger partial charge is 0.362 e. The molecular formula is C18H20N4O2. The molecule has 3 rings (SSSR count). The summed E-state index contributed by atoms with van der Waals surface area (Å²) in [5, 5.41) is 0.467. The number of aromatic nitrogens is 3. The molecule has 0 spiro atoms. The van der Waals surface area contributed by atoms with Gasteiger partial charge < -0.3 is 4.90 Å². The minimum Gasteiger partial charge on any atom is -0.362 e. The molecule has 0 amide bonds. The number of pyridine rings is 1. The van der Waals surface area contributed by atoms with Crippen LogP contribution in [0.1, 0.15) is 5.56 Å². The summed E-state index contributed by atoms with van der Waals surface area (Å²) >= 11 is 0. The van der Waals surface area contributed by atoms with Crippen LogP contribution in [-0.4, -0.2) is 28.2 Å². The number of rotatable bonds is 2. The predicted molar refractivity (Wildman–Crippen MR) is 96.7 cm³/mol. The van der Waals surface area contributed by atoms with E-state index in [0.29, 0.717) is 11.0 Å². The van der Waals surface area contributed by atoms with Crippen LogP contribution in [0.4, 0.5) is 5.82 Å². The van der Waals surface area contributed by atoms with Crippen LogP contribution in [-0.2, 0) is 14.1 Å². The van der Waals surface area contributed by atoms with E-state index in [4.69, 9.17) is 0 Å². The first-order valence-electron chi connectivity index (χ1n) is 7.67. The first-order chi connectivity index (χ1) is 11.3. The first kappa shape index (κ1) is 16.0. The molecule has 2 aromatic heterocycles. The third-order valence-corrected chi connectivity index (χ3v) is 4.29. The van der Waals surface area contributed by atoms with Gasteiger partial charge in [-0.2, -0.15) is 0 Å². The highest BCUT2D eigenvalue weighted by Gasteiger charge is 2.20. The molecule has 0 fully saturated rings. The molecule has 0 aliphatic carbocycles. The fourth-order valence-electron chi connectivity index (χ4n) is 3.07.